The quantitative estimate of drug-likeness (QED) is 0.783. The summed E-state index contributed by atoms with van der Waals surface area (Å²) in [6.07, 6.45) is 2.78. The highest BCUT2D eigenvalue weighted by Crippen LogP contribution is 2.31. The van der Waals surface area contributed by atoms with E-state index in [0.29, 0.717) is 5.92 Å². The summed E-state index contributed by atoms with van der Waals surface area (Å²) < 4.78 is 0. The molecule has 0 saturated heterocycles. The summed E-state index contributed by atoms with van der Waals surface area (Å²) >= 11 is 0. The van der Waals surface area contributed by atoms with E-state index < -0.39 is 5.41 Å². The van der Waals surface area contributed by atoms with Crippen LogP contribution in [-0.2, 0) is 11.2 Å². The topological polar surface area (TPSA) is 83.6 Å². The van der Waals surface area contributed by atoms with Crippen LogP contribution in [0.1, 0.15) is 39.4 Å². The number of amides is 1. The molecule has 2 rings (SSSR count). The van der Waals surface area contributed by atoms with E-state index in [1.165, 1.54) is 0 Å². The van der Waals surface area contributed by atoms with Gasteiger partial charge in [-0.2, -0.15) is 5.21 Å². The van der Waals surface area contributed by atoms with Crippen molar-refractivity contribution in [2.75, 3.05) is 0 Å². The molecule has 19 heavy (non-hydrogen) atoms. The number of hydrogen-bond donors (Lipinski definition) is 2. The number of rotatable bonds is 5. The van der Waals surface area contributed by atoms with Crippen LogP contribution < -0.4 is 5.32 Å². The first-order valence-corrected chi connectivity index (χ1v) is 6.59. The van der Waals surface area contributed by atoms with Crippen LogP contribution in [0.5, 0.6) is 0 Å². The monoisotopic (exact) mass is 263 g/mol. The zero-order valence-corrected chi connectivity index (χ0v) is 11.7. The molecule has 2 N–H and O–H groups in total. The maximum atomic E-state index is 12.1. The highest BCUT2D eigenvalue weighted by atomic mass is 16.2. The standard InChI is InChI=1S/C13H21N5O/c1-8(2)13(3,4)12(19)14-10-5-9(6-10)7-11-15-17-18-16-11/h9-10H,1,5-7H2,2-4H3,(H,14,19)(H,15,16,17,18). The van der Waals surface area contributed by atoms with Gasteiger partial charge in [0.15, 0.2) is 5.82 Å². The molecule has 6 nitrogen and oxygen atoms in total. The van der Waals surface area contributed by atoms with Gasteiger partial charge >= 0.3 is 0 Å². The van der Waals surface area contributed by atoms with Gasteiger partial charge in [0.2, 0.25) is 5.91 Å². The maximum absolute atomic E-state index is 12.1. The fraction of sp³-hybridized carbons (Fsp3) is 0.692. The van der Waals surface area contributed by atoms with Crippen molar-refractivity contribution in [1.82, 2.24) is 25.9 Å². The first-order valence-electron chi connectivity index (χ1n) is 6.59. The second-order valence-electron chi connectivity index (χ2n) is 5.95. The third-order valence-electron chi connectivity index (χ3n) is 4.07. The molecule has 1 aromatic heterocycles. The molecule has 0 radical (unpaired) electrons. The van der Waals surface area contributed by atoms with Gasteiger partial charge in [-0.3, -0.25) is 4.79 Å². The van der Waals surface area contributed by atoms with Crippen LogP contribution in [-0.4, -0.2) is 32.6 Å². The Labute approximate surface area is 113 Å². The molecule has 0 aromatic carbocycles. The van der Waals surface area contributed by atoms with Crippen LogP contribution in [0.3, 0.4) is 0 Å². The van der Waals surface area contributed by atoms with Gasteiger partial charge in [-0.05, 0) is 39.5 Å². The molecule has 0 atom stereocenters. The van der Waals surface area contributed by atoms with Gasteiger partial charge in [-0.1, -0.05) is 17.4 Å². The molecule has 1 heterocycles. The fourth-order valence-electron chi connectivity index (χ4n) is 2.11. The summed E-state index contributed by atoms with van der Waals surface area (Å²) in [6.45, 7) is 9.57. The van der Waals surface area contributed by atoms with Gasteiger partial charge in [-0.25, -0.2) is 0 Å². The predicted octanol–water partition coefficient (Wildman–Crippen LogP) is 1.24. The van der Waals surface area contributed by atoms with Crippen LogP contribution >= 0.6 is 0 Å². The van der Waals surface area contributed by atoms with Gasteiger partial charge in [-0.15, -0.1) is 10.2 Å². The fourth-order valence-corrected chi connectivity index (χ4v) is 2.11. The van der Waals surface area contributed by atoms with E-state index in [1.807, 2.05) is 20.8 Å². The first kappa shape index (κ1) is 13.7. The minimum absolute atomic E-state index is 0.0583. The van der Waals surface area contributed by atoms with Gasteiger partial charge in [0, 0.05) is 12.5 Å². The summed E-state index contributed by atoms with van der Waals surface area (Å²) in [5, 5.41) is 17.0. The molecule has 0 spiro atoms. The van der Waals surface area contributed by atoms with Crippen LogP contribution in [0.15, 0.2) is 12.2 Å². The number of H-pyrrole nitrogens is 1. The number of aromatic amines is 1. The zero-order chi connectivity index (χ0) is 14.0. The Morgan fingerprint density at radius 2 is 2.21 bits per heavy atom. The molecule has 0 unspecified atom stereocenters. The summed E-state index contributed by atoms with van der Waals surface area (Å²) in [7, 11) is 0. The summed E-state index contributed by atoms with van der Waals surface area (Å²) in [5.41, 5.74) is 0.381. The van der Waals surface area contributed by atoms with Crippen LogP contribution in [0.2, 0.25) is 0 Å². The number of nitrogens with zero attached hydrogens (tertiary/aromatic N) is 3. The SMILES string of the molecule is C=C(C)C(C)(C)C(=O)NC1CC(Cc2nn[nH]n2)C1. The molecule has 0 bridgehead atoms. The number of hydrogen-bond acceptors (Lipinski definition) is 4. The van der Waals surface area contributed by atoms with E-state index in [-0.39, 0.29) is 11.9 Å². The van der Waals surface area contributed by atoms with Crippen LogP contribution in [0.25, 0.3) is 0 Å². The Balaban J connectivity index is 1.76. The Hall–Kier alpha value is -1.72. The summed E-state index contributed by atoms with van der Waals surface area (Å²) in [4.78, 5) is 12.1. The molecule has 1 aliphatic carbocycles. The molecule has 1 amide bonds. The van der Waals surface area contributed by atoms with Gasteiger partial charge in [0.1, 0.15) is 0 Å². The largest absolute Gasteiger partial charge is 0.353 e. The van der Waals surface area contributed by atoms with E-state index in [2.05, 4.69) is 32.5 Å². The lowest BCUT2D eigenvalue weighted by atomic mass is 9.77. The Morgan fingerprint density at radius 3 is 2.74 bits per heavy atom. The molecule has 6 heteroatoms. The second kappa shape index (κ2) is 5.11. The summed E-state index contributed by atoms with van der Waals surface area (Å²) in [5.74, 6) is 1.34. The number of nitrogens with one attached hydrogen (secondary N) is 2. The van der Waals surface area contributed by atoms with Crippen molar-refractivity contribution < 1.29 is 4.79 Å². The minimum atomic E-state index is -0.501. The zero-order valence-electron chi connectivity index (χ0n) is 11.7. The van der Waals surface area contributed by atoms with E-state index in [4.69, 9.17) is 0 Å². The van der Waals surface area contributed by atoms with Crippen molar-refractivity contribution in [3.8, 4) is 0 Å². The number of carbonyl (C=O) groups excluding carboxylic acids is 1. The van der Waals surface area contributed by atoms with E-state index >= 15 is 0 Å². The molecule has 1 fully saturated rings. The van der Waals surface area contributed by atoms with Crippen molar-refractivity contribution in [3.05, 3.63) is 18.0 Å². The van der Waals surface area contributed by atoms with E-state index in [1.54, 1.807) is 0 Å². The molecule has 1 saturated carbocycles. The van der Waals surface area contributed by atoms with Crippen molar-refractivity contribution in [3.63, 3.8) is 0 Å². The average Bonchev–Trinajstić information content (AvgIpc) is 2.78. The van der Waals surface area contributed by atoms with Crippen molar-refractivity contribution in [2.45, 2.75) is 46.1 Å². The second-order valence-corrected chi connectivity index (χ2v) is 5.95. The van der Waals surface area contributed by atoms with Crippen molar-refractivity contribution in [1.29, 1.82) is 0 Å². The lowest BCUT2D eigenvalue weighted by Gasteiger charge is -2.37. The molecule has 0 aliphatic heterocycles. The van der Waals surface area contributed by atoms with Gasteiger partial charge in [0.05, 0.1) is 5.41 Å². The highest BCUT2D eigenvalue weighted by molar-refractivity contribution is 5.85. The van der Waals surface area contributed by atoms with Gasteiger partial charge in [0.25, 0.3) is 0 Å². The third-order valence-corrected chi connectivity index (χ3v) is 4.07. The molecule has 1 aromatic rings. The molecule has 1 aliphatic rings. The third kappa shape index (κ3) is 3.00. The minimum Gasteiger partial charge on any atom is -0.353 e. The Morgan fingerprint density at radius 1 is 1.53 bits per heavy atom. The normalized spacial score (nSPS) is 22.7. The van der Waals surface area contributed by atoms with Crippen LogP contribution in [0.4, 0.5) is 0 Å². The van der Waals surface area contributed by atoms with E-state index in [9.17, 15) is 4.79 Å². The maximum Gasteiger partial charge on any atom is 0.229 e. The molecular formula is C13H21N5O. The lowest BCUT2D eigenvalue weighted by Crippen LogP contribution is -2.49. The highest BCUT2D eigenvalue weighted by Gasteiger charge is 2.35. The molecule has 104 valence electrons. The van der Waals surface area contributed by atoms with Crippen molar-refractivity contribution in [2.24, 2.45) is 11.3 Å². The lowest BCUT2D eigenvalue weighted by molar-refractivity contribution is -0.129. The smallest absolute Gasteiger partial charge is 0.229 e. The van der Waals surface area contributed by atoms with Crippen molar-refractivity contribution >= 4 is 5.91 Å². The van der Waals surface area contributed by atoms with E-state index in [0.717, 1.165) is 30.7 Å². The number of carbonyl (C=O) groups is 1. The Bertz CT molecular complexity index is 459. The van der Waals surface area contributed by atoms with Crippen LogP contribution in [0, 0.1) is 11.3 Å². The first-order chi connectivity index (χ1) is 8.89. The predicted molar refractivity (Wildman–Crippen MR) is 71.1 cm³/mol. The number of tetrazole rings is 1. The Kier molecular flexibility index (Phi) is 3.68. The average molecular weight is 263 g/mol. The summed E-state index contributed by atoms with van der Waals surface area (Å²) in [6, 6.07) is 0.267. The number of aromatic nitrogens is 4. The van der Waals surface area contributed by atoms with Gasteiger partial charge < -0.3 is 5.32 Å². The molecular weight excluding hydrogens is 242 g/mol.